The van der Waals surface area contributed by atoms with Crippen molar-refractivity contribution < 1.29 is 44.8 Å². The third-order valence-electron chi connectivity index (χ3n) is 14.1. The van der Waals surface area contributed by atoms with Gasteiger partial charge in [-0.2, -0.15) is 0 Å². The van der Waals surface area contributed by atoms with Gasteiger partial charge in [-0.1, -0.05) is 209 Å². The number of fused-ring (bicyclic) bond motifs is 7. The molecule has 0 bridgehead atoms. The van der Waals surface area contributed by atoms with Gasteiger partial charge in [0.05, 0.1) is 0 Å². The van der Waals surface area contributed by atoms with Crippen LogP contribution >= 0.6 is 15.8 Å². The summed E-state index contributed by atoms with van der Waals surface area (Å²) < 4.78 is 0. The van der Waals surface area contributed by atoms with Crippen LogP contribution in [-0.4, -0.2) is 0 Å². The van der Waals surface area contributed by atoms with E-state index < -0.39 is 15.8 Å². The SMILES string of the molecule is [Au+].[Au+].[C-]#Cc1cccc2c1C(C)(C)c1ccccc1-2.[C-]#Cc1cccc2c1C(C)(C)c1ccccc1-2.c1ccc([PH+](c2ccccc2)c2cc3ccccc3cc2[PH+](c2ccccc2)c2ccccc2)cc1. The van der Waals surface area contributed by atoms with Gasteiger partial charge in [0.15, 0.2) is 0 Å². The van der Waals surface area contributed by atoms with Crippen LogP contribution in [0.2, 0.25) is 0 Å². The first-order valence-corrected chi connectivity index (χ1v) is 27.0. The maximum atomic E-state index is 7.45. The molecule has 0 fully saturated rings. The molecular formula is C68H54Au2P2+2. The largest absolute Gasteiger partial charge is 1.00 e. The summed E-state index contributed by atoms with van der Waals surface area (Å²) in [6.07, 6.45) is 14.9. The van der Waals surface area contributed by atoms with Crippen molar-refractivity contribution in [1.29, 1.82) is 0 Å². The third kappa shape index (κ3) is 10.0. The zero-order valence-corrected chi connectivity index (χ0v) is 47.0. The monoisotopic (exact) mass is 1330 g/mol. The molecule has 0 atom stereocenters. The molecule has 10 aromatic rings. The minimum absolute atomic E-state index is 0. The molecule has 356 valence electrons. The normalized spacial score (nSPS) is 12.7. The van der Waals surface area contributed by atoms with Gasteiger partial charge in [0, 0.05) is 10.8 Å². The smallest absolute Gasteiger partial charge is 0.366 e. The first kappa shape index (κ1) is 52.2. The molecule has 0 spiro atoms. The number of benzene rings is 10. The summed E-state index contributed by atoms with van der Waals surface area (Å²) in [7, 11) is -2.46. The summed E-state index contributed by atoms with van der Waals surface area (Å²) in [6.45, 7) is 8.88. The second-order valence-corrected chi connectivity index (χ2v) is 23.9. The van der Waals surface area contributed by atoms with Gasteiger partial charge < -0.3 is 12.8 Å². The molecule has 0 nitrogen and oxygen atoms in total. The van der Waals surface area contributed by atoms with Gasteiger partial charge in [-0.25, -0.2) is 0 Å². The molecule has 0 radical (unpaired) electrons. The van der Waals surface area contributed by atoms with Crippen molar-refractivity contribution in [2.75, 3.05) is 0 Å². The number of hydrogen-bond donors (Lipinski definition) is 0. The Morgan fingerprint density at radius 2 is 0.597 bits per heavy atom. The zero-order valence-electron chi connectivity index (χ0n) is 40.7. The van der Waals surface area contributed by atoms with E-state index in [9.17, 15) is 0 Å². The second kappa shape index (κ2) is 22.8. The summed E-state index contributed by atoms with van der Waals surface area (Å²) in [4.78, 5) is 0. The van der Waals surface area contributed by atoms with Crippen molar-refractivity contribution in [3.8, 4) is 34.1 Å². The third-order valence-corrected chi connectivity index (χ3v) is 19.9. The molecule has 72 heavy (non-hydrogen) atoms. The molecule has 2 aliphatic carbocycles. The van der Waals surface area contributed by atoms with E-state index in [1.807, 2.05) is 24.3 Å². The molecule has 2 aliphatic rings. The molecule has 4 heteroatoms. The predicted octanol–water partition coefficient (Wildman–Crippen LogP) is 13.7. The fourth-order valence-corrected chi connectivity index (χ4v) is 17.0. The van der Waals surface area contributed by atoms with Gasteiger partial charge in [0.1, 0.15) is 47.7 Å². The minimum atomic E-state index is -1.23. The minimum Gasteiger partial charge on any atom is -0.366 e. The van der Waals surface area contributed by atoms with E-state index in [0.29, 0.717) is 0 Å². The van der Waals surface area contributed by atoms with Crippen LogP contribution < -0.4 is 31.8 Å². The maximum Gasteiger partial charge on any atom is 1.00 e. The molecule has 0 aliphatic heterocycles. The summed E-state index contributed by atoms with van der Waals surface area (Å²) in [5.74, 6) is 5.14. The average molecular weight is 1330 g/mol. The van der Waals surface area contributed by atoms with Gasteiger partial charge in [0.25, 0.3) is 0 Å². The molecule has 0 unspecified atom stereocenters. The van der Waals surface area contributed by atoms with Crippen LogP contribution in [0.5, 0.6) is 0 Å². The molecule has 0 aromatic heterocycles. The first-order chi connectivity index (χ1) is 34.2. The topological polar surface area (TPSA) is 0 Å². The van der Waals surface area contributed by atoms with Gasteiger partial charge >= 0.3 is 44.8 Å². The van der Waals surface area contributed by atoms with Gasteiger partial charge in [0.2, 0.25) is 0 Å². The van der Waals surface area contributed by atoms with Crippen LogP contribution in [0.25, 0.3) is 33.0 Å². The summed E-state index contributed by atoms with van der Waals surface area (Å²) >= 11 is 0. The van der Waals surface area contributed by atoms with Gasteiger partial charge in [-0.3, -0.25) is 11.8 Å². The number of hydrogen-bond acceptors (Lipinski definition) is 0. The molecule has 0 saturated carbocycles. The summed E-state index contributed by atoms with van der Waals surface area (Å²) in [5, 5.41) is 11.3. The Labute approximate surface area is 460 Å². The van der Waals surface area contributed by atoms with E-state index in [2.05, 4.69) is 258 Å². The quantitative estimate of drug-likeness (QED) is 0.0674. The van der Waals surface area contributed by atoms with E-state index in [0.717, 1.165) is 11.1 Å². The molecule has 0 heterocycles. The van der Waals surface area contributed by atoms with Gasteiger partial charge in [-0.15, -0.1) is 23.3 Å². The van der Waals surface area contributed by atoms with Crippen LogP contribution in [-0.2, 0) is 55.6 Å². The second-order valence-electron chi connectivity index (χ2n) is 19.0. The molecule has 0 saturated heterocycles. The molecule has 0 amide bonds. The van der Waals surface area contributed by atoms with Crippen molar-refractivity contribution in [1.82, 2.24) is 0 Å². The molecule has 0 N–H and O–H groups in total. The van der Waals surface area contributed by atoms with Crippen molar-refractivity contribution in [3.63, 3.8) is 0 Å². The summed E-state index contributed by atoms with van der Waals surface area (Å²) in [6, 6.07) is 87.6. The van der Waals surface area contributed by atoms with Crippen molar-refractivity contribution in [3.05, 3.63) is 289 Å². The van der Waals surface area contributed by atoms with Crippen molar-refractivity contribution >= 4 is 58.4 Å². The Bertz CT molecular complexity index is 3250. The van der Waals surface area contributed by atoms with Crippen molar-refractivity contribution in [2.45, 2.75) is 38.5 Å². The Kier molecular flexibility index (Phi) is 16.5. The van der Waals surface area contributed by atoms with Crippen molar-refractivity contribution in [2.24, 2.45) is 0 Å². The van der Waals surface area contributed by atoms with Crippen LogP contribution in [0, 0.1) is 24.7 Å². The Balaban J connectivity index is 0.000000161. The molecule has 10 aromatic carbocycles. The van der Waals surface area contributed by atoms with Crippen LogP contribution in [0.1, 0.15) is 61.1 Å². The fourth-order valence-electron chi connectivity index (χ4n) is 10.9. The van der Waals surface area contributed by atoms with Crippen LogP contribution in [0.15, 0.2) is 243 Å². The Morgan fingerprint density at radius 1 is 0.319 bits per heavy atom. The van der Waals surface area contributed by atoms with Crippen LogP contribution in [0.4, 0.5) is 0 Å². The zero-order chi connectivity index (χ0) is 48.2. The predicted molar refractivity (Wildman–Crippen MR) is 305 cm³/mol. The Hall–Kier alpha value is -6.08. The van der Waals surface area contributed by atoms with E-state index in [1.165, 1.54) is 87.1 Å². The summed E-state index contributed by atoms with van der Waals surface area (Å²) in [5.41, 5.74) is 12.0. The first-order valence-electron chi connectivity index (χ1n) is 24.0. The Morgan fingerprint density at radius 3 is 0.917 bits per heavy atom. The number of rotatable bonds is 6. The standard InChI is InChI=1S/C34H26P2.2C17H13.2Au/c1-5-17-29(18-6-1)35(30-19-7-2-8-20-30)33-25-27-15-13-14-16-28(27)26-34(33)36(31-21-9-3-10-22-31)32-23-11-4-12-24-32;2*1-4-12-8-7-10-14-13-9-5-6-11-15(13)17(2,3)16(12)14;;/h1-26H;2*5-11H,2-3H3;;/q;2*-1;2*+1/p+2. The van der Waals surface area contributed by atoms with E-state index >= 15 is 0 Å². The maximum absolute atomic E-state index is 7.45. The fraction of sp³-hybridized carbons (Fsp3) is 0.0882. The van der Waals surface area contributed by atoms with Gasteiger partial charge in [-0.05, 0) is 105 Å². The van der Waals surface area contributed by atoms with E-state index in [-0.39, 0.29) is 55.6 Å². The van der Waals surface area contributed by atoms with E-state index in [1.54, 1.807) is 0 Å². The van der Waals surface area contributed by atoms with Crippen LogP contribution in [0.3, 0.4) is 0 Å². The average Bonchev–Trinajstić information content (AvgIpc) is 3.80. The van der Waals surface area contributed by atoms with E-state index in [4.69, 9.17) is 12.8 Å². The molecular weight excluding hydrogens is 1270 g/mol. The molecule has 12 rings (SSSR count).